The van der Waals surface area contributed by atoms with E-state index >= 15 is 0 Å². The highest BCUT2D eigenvalue weighted by Gasteiger charge is 2.28. The Balaban J connectivity index is 0.000000190. The van der Waals surface area contributed by atoms with E-state index < -0.39 is 25.3 Å². The molecule has 0 saturated carbocycles. The van der Waals surface area contributed by atoms with Gasteiger partial charge in [0.05, 0.1) is 26.9 Å². The van der Waals surface area contributed by atoms with Crippen LogP contribution in [0.3, 0.4) is 0 Å². The zero-order chi connectivity index (χ0) is 37.8. The van der Waals surface area contributed by atoms with Crippen LogP contribution in [-0.2, 0) is 32.9 Å². The molecule has 2 aliphatic rings. The fourth-order valence-corrected chi connectivity index (χ4v) is 7.20. The minimum Gasteiger partial charge on any atom is -0.289 e. The van der Waals surface area contributed by atoms with E-state index in [0.717, 1.165) is 43.2 Å². The van der Waals surface area contributed by atoms with Gasteiger partial charge >= 0.3 is 0 Å². The summed E-state index contributed by atoms with van der Waals surface area (Å²) in [6.07, 6.45) is 3.83. The van der Waals surface area contributed by atoms with E-state index in [4.69, 9.17) is 11.6 Å². The molecule has 12 nitrogen and oxygen atoms in total. The van der Waals surface area contributed by atoms with Crippen LogP contribution in [-0.4, -0.2) is 85.1 Å². The molecule has 4 aromatic rings. The number of hydrogen-bond donors (Lipinski definition) is 0. The van der Waals surface area contributed by atoms with E-state index in [0.29, 0.717) is 23.3 Å². The first-order valence-corrected chi connectivity index (χ1v) is 18.9. The van der Waals surface area contributed by atoms with E-state index in [1.165, 1.54) is 75.7 Å². The number of sulfonamides is 2. The van der Waals surface area contributed by atoms with Gasteiger partial charge in [0.15, 0.2) is 5.78 Å². The molecule has 51 heavy (non-hydrogen) atoms. The van der Waals surface area contributed by atoms with Crippen molar-refractivity contribution in [2.75, 3.05) is 28.2 Å². The van der Waals surface area contributed by atoms with Gasteiger partial charge in [-0.3, -0.25) is 9.59 Å². The molecule has 0 spiro atoms. The second-order valence-corrected chi connectivity index (χ2v) is 17.1. The third-order valence-corrected chi connectivity index (χ3v) is 11.9. The van der Waals surface area contributed by atoms with Crippen LogP contribution in [0, 0.1) is 13.8 Å². The summed E-state index contributed by atoms with van der Waals surface area (Å²) in [4.78, 5) is 23.9. The molecule has 0 fully saturated rings. The summed E-state index contributed by atoms with van der Waals surface area (Å²) in [5.74, 6) is -0.164. The number of rotatable bonds is 7. The van der Waals surface area contributed by atoms with Crippen molar-refractivity contribution >= 4 is 54.3 Å². The Kier molecular flexibility index (Phi) is 12.2. The highest BCUT2D eigenvalue weighted by molar-refractivity contribution is 7.89. The van der Waals surface area contributed by atoms with E-state index in [2.05, 4.69) is 39.5 Å². The predicted molar refractivity (Wildman–Crippen MR) is 196 cm³/mol. The molecule has 0 aliphatic heterocycles. The molecule has 2 heterocycles. The van der Waals surface area contributed by atoms with Crippen LogP contribution in [0.4, 0.5) is 0 Å². The molecule has 0 saturated heterocycles. The van der Waals surface area contributed by atoms with Gasteiger partial charge in [-0.25, -0.2) is 25.4 Å². The van der Waals surface area contributed by atoms with Crippen molar-refractivity contribution < 1.29 is 26.4 Å². The number of benzene rings is 2. The summed E-state index contributed by atoms with van der Waals surface area (Å²) in [5, 5.41) is 15.7. The lowest BCUT2D eigenvalue weighted by atomic mass is 10.00. The first kappa shape index (κ1) is 39.3. The highest BCUT2D eigenvalue weighted by Crippen LogP contribution is 2.33. The van der Waals surface area contributed by atoms with Gasteiger partial charge in [0, 0.05) is 44.9 Å². The summed E-state index contributed by atoms with van der Waals surface area (Å²) < 4.78 is 49.7. The second-order valence-electron chi connectivity index (χ2n) is 12.5. The van der Waals surface area contributed by atoms with Crippen molar-refractivity contribution in [1.82, 2.24) is 29.0 Å². The average molecular weight is 751 g/mol. The van der Waals surface area contributed by atoms with Crippen LogP contribution in [0.25, 0.3) is 11.6 Å². The van der Waals surface area contributed by atoms with E-state index in [1.54, 1.807) is 12.1 Å². The normalized spacial score (nSPS) is 13.5. The lowest BCUT2D eigenvalue weighted by Crippen LogP contribution is -2.22. The molecule has 15 heteroatoms. The fraction of sp³-hybridized carbons (Fsp3) is 0.278. The minimum absolute atomic E-state index is 0.133. The average Bonchev–Trinajstić information content (AvgIpc) is 3.61. The fourth-order valence-electron chi connectivity index (χ4n) is 5.27. The highest BCUT2D eigenvalue weighted by atomic mass is 35.5. The summed E-state index contributed by atoms with van der Waals surface area (Å²) in [5.41, 5.74) is 9.40. The summed E-state index contributed by atoms with van der Waals surface area (Å²) in [6, 6.07) is 15.5. The molecule has 0 bridgehead atoms. The first-order valence-electron chi connectivity index (χ1n) is 15.7. The topological polar surface area (TPSA) is 160 Å². The van der Waals surface area contributed by atoms with Gasteiger partial charge in [-0.1, -0.05) is 11.1 Å². The summed E-state index contributed by atoms with van der Waals surface area (Å²) >= 11 is 5.23. The predicted octanol–water partition coefficient (Wildman–Crippen LogP) is 5.31. The smallest absolute Gasteiger partial charge is 0.252 e. The van der Waals surface area contributed by atoms with E-state index in [1.807, 2.05) is 26.8 Å². The summed E-state index contributed by atoms with van der Waals surface area (Å²) in [6.45, 7) is 7.87. The Morgan fingerprint density at radius 3 is 1.61 bits per heavy atom. The van der Waals surface area contributed by atoms with Gasteiger partial charge in [-0.15, -0.1) is 5.10 Å². The molecular formula is C36H39ClN6O6S2. The minimum atomic E-state index is -3.51. The van der Waals surface area contributed by atoms with Crippen LogP contribution in [0.2, 0.25) is 0 Å². The molecule has 0 amide bonds. The maximum atomic E-state index is 12.9. The third-order valence-electron chi connectivity index (χ3n) is 7.98. The Morgan fingerprint density at radius 2 is 1.12 bits per heavy atom. The Morgan fingerprint density at radius 1 is 0.647 bits per heavy atom. The van der Waals surface area contributed by atoms with E-state index in [-0.39, 0.29) is 21.1 Å². The van der Waals surface area contributed by atoms with Crippen LogP contribution in [0.1, 0.15) is 68.5 Å². The van der Waals surface area contributed by atoms with Crippen LogP contribution in [0.15, 0.2) is 81.6 Å². The number of hydrogen-bond acceptors (Lipinski definition) is 10. The van der Waals surface area contributed by atoms with Crippen molar-refractivity contribution in [3.8, 4) is 0 Å². The summed E-state index contributed by atoms with van der Waals surface area (Å²) in [7, 11) is -1.13. The largest absolute Gasteiger partial charge is 0.289 e. The number of Topliss-reactive ketones (excluding diaryl/α,β-unsaturated/α-hetero) is 1. The number of nitrogens with zero attached hydrogens (tertiary/aromatic N) is 6. The van der Waals surface area contributed by atoms with Crippen LogP contribution >= 0.6 is 11.6 Å². The van der Waals surface area contributed by atoms with Gasteiger partial charge in [0.25, 0.3) is 5.24 Å². The lowest BCUT2D eigenvalue weighted by Gasteiger charge is -2.11. The zero-order valence-corrected chi connectivity index (χ0v) is 32.0. The monoisotopic (exact) mass is 750 g/mol. The number of aromatic nitrogens is 4. The number of ketones is 1. The second kappa shape index (κ2) is 15.8. The first-order chi connectivity index (χ1) is 23.8. The Labute approximate surface area is 304 Å². The van der Waals surface area contributed by atoms with Crippen molar-refractivity contribution in [3.05, 3.63) is 117 Å². The molecule has 0 radical (unpaired) electrons. The Bertz CT molecular complexity index is 2270. The molecule has 0 atom stereocenters. The standard InChI is InChI=1S/C18H19N3O3S.C9H10ClNO3S.C9H10N2/c1-11-9-14-10-12(2)19-20-17(14)16(11)18(22)13-5-7-15(8-6-13)25(23,24)21(3)4;1-11(2)15(13,14)8-5-3-7(4-6-8)9(10)12;1-6-3-8-5-7(2)10-11-9(8)4-6/h5-8,10H,9H2,1-4H3;3-6H,1-2H3;4-5H,3H2,1-2H3. The van der Waals surface area contributed by atoms with Gasteiger partial charge in [-0.2, -0.15) is 15.3 Å². The van der Waals surface area contributed by atoms with Crippen LogP contribution in [0.5, 0.6) is 0 Å². The molecule has 2 aromatic carbocycles. The SMILES string of the molecule is CC1=C(C(=O)c2ccc(S(=O)(=O)N(C)C)cc2)c2nnc(C)cc2C1.CC1=Cc2nnc(C)cc2C1.CN(C)S(=O)(=O)c1ccc(C(=O)Cl)cc1. The number of carbonyl (C=O) groups is 2. The maximum absolute atomic E-state index is 12.9. The maximum Gasteiger partial charge on any atom is 0.252 e. The van der Waals surface area contributed by atoms with Gasteiger partial charge in [-0.05, 0) is 130 Å². The van der Waals surface area contributed by atoms with Crippen molar-refractivity contribution in [2.24, 2.45) is 0 Å². The molecule has 2 aromatic heterocycles. The van der Waals surface area contributed by atoms with E-state index in [9.17, 15) is 26.4 Å². The number of fused-ring (bicyclic) bond motifs is 2. The number of carbonyl (C=O) groups excluding carboxylic acids is 2. The van der Waals surface area contributed by atoms with Crippen molar-refractivity contribution in [3.63, 3.8) is 0 Å². The zero-order valence-electron chi connectivity index (χ0n) is 29.6. The third kappa shape index (κ3) is 9.07. The number of aryl methyl sites for hydroxylation is 2. The van der Waals surface area contributed by atoms with Crippen molar-refractivity contribution in [2.45, 2.75) is 50.3 Å². The quantitative estimate of drug-likeness (QED) is 0.179. The van der Waals surface area contributed by atoms with Gasteiger partial charge < -0.3 is 0 Å². The van der Waals surface area contributed by atoms with Gasteiger partial charge in [0.1, 0.15) is 5.69 Å². The lowest BCUT2D eigenvalue weighted by molar-refractivity contribution is 0.105. The molecular weight excluding hydrogens is 712 g/mol. The number of halogens is 1. The van der Waals surface area contributed by atoms with Crippen LogP contribution < -0.4 is 0 Å². The molecule has 0 N–H and O–H groups in total. The number of allylic oxidation sites excluding steroid dienone is 3. The molecule has 0 unspecified atom stereocenters. The molecule has 268 valence electrons. The van der Waals surface area contributed by atoms with Gasteiger partial charge in [0.2, 0.25) is 20.0 Å². The molecule has 6 rings (SSSR count). The van der Waals surface area contributed by atoms with Crippen molar-refractivity contribution in [1.29, 1.82) is 0 Å². The molecule has 2 aliphatic carbocycles. The Hall–Kier alpha value is -4.47.